The van der Waals surface area contributed by atoms with Crippen LogP contribution in [-0.2, 0) is 19.1 Å². The first-order chi connectivity index (χ1) is 16.0. The minimum atomic E-state index is -0.237. The molecule has 1 aliphatic carbocycles. The first kappa shape index (κ1) is 29.4. The molecule has 1 saturated carbocycles. The molecule has 1 rings (SSSR count). The fourth-order valence-corrected chi connectivity index (χ4v) is 4.85. The lowest BCUT2D eigenvalue weighted by atomic mass is 9.75. The van der Waals surface area contributed by atoms with Crippen LogP contribution in [0.15, 0.2) is 24.3 Å². The van der Waals surface area contributed by atoms with E-state index >= 15 is 0 Å². The SMILES string of the molecule is CCCCCCCCC(C=CC=CC1CCCCC1C(CCCCO)OC(C)=O)OC(C)=O. The van der Waals surface area contributed by atoms with E-state index in [-0.39, 0.29) is 30.8 Å². The molecule has 4 unspecified atom stereocenters. The number of carbonyl (C=O) groups excluding carboxylic acids is 2. The number of rotatable bonds is 17. The molecule has 0 radical (unpaired) electrons. The van der Waals surface area contributed by atoms with Crippen LogP contribution in [0.1, 0.15) is 111 Å². The topological polar surface area (TPSA) is 72.8 Å². The second-order valence-corrected chi connectivity index (χ2v) is 9.45. The van der Waals surface area contributed by atoms with Gasteiger partial charge < -0.3 is 14.6 Å². The summed E-state index contributed by atoms with van der Waals surface area (Å²) in [4.78, 5) is 23.2. The molecule has 5 heteroatoms. The Morgan fingerprint density at radius 1 is 0.879 bits per heavy atom. The molecule has 0 amide bonds. The molecule has 4 atom stereocenters. The van der Waals surface area contributed by atoms with Gasteiger partial charge in [-0.25, -0.2) is 0 Å². The van der Waals surface area contributed by atoms with E-state index in [0.29, 0.717) is 11.8 Å². The van der Waals surface area contributed by atoms with E-state index in [0.717, 1.165) is 51.4 Å². The largest absolute Gasteiger partial charge is 0.462 e. The van der Waals surface area contributed by atoms with Gasteiger partial charge in [0.2, 0.25) is 0 Å². The van der Waals surface area contributed by atoms with Gasteiger partial charge in [-0.2, -0.15) is 0 Å². The minimum absolute atomic E-state index is 0.0884. The summed E-state index contributed by atoms with van der Waals surface area (Å²) in [6, 6.07) is 0. The molecule has 1 N–H and O–H groups in total. The molecular weight excluding hydrogens is 416 g/mol. The van der Waals surface area contributed by atoms with Crippen LogP contribution in [0.25, 0.3) is 0 Å². The van der Waals surface area contributed by atoms with Crippen molar-refractivity contribution in [2.45, 2.75) is 123 Å². The lowest BCUT2D eigenvalue weighted by molar-refractivity contribution is -0.151. The van der Waals surface area contributed by atoms with Gasteiger partial charge in [-0.1, -0.05) is 70.1 Å². The number of hydrogen-bond acceptors (Lipinski definition) is 5. The number of allylic oxidation sites excluding steroid dienone is 3. The zero-order valence-corrected chi connectivity index (χ0v) is 21.3. The number of unbranched alkanes of at least 4 members (excludes halogenated alkanes) is 6. The highest BCUT2D eigenvalue weighted by atomic mass is 16.5. The second-order valence-electron chi connectivity index (χ2n) is 9.45. The minimum Gasteiger partial charge on any atom is -0.462 e. The number of carbonyl (C=O) groups is 2. The summed E-state index contributed by atoms with van der Waals surface area (Å²) in [7, 11) is 0. The highest BCUT2D eigenvalue weighted by Crippen LogP contribution is 2.36. The summed E-state index contributed by atoms with van der Waals surface area (Å²) in [6.07, 6.45) is 23.1. The lowest BCUT2D eigenvalue weighted by Crippen LogP contribution is -2.33. The van der Waals surface area contributed by atoms with Crippen molar-refractivity contribution in [3.05, 3.63) is 24.3 Å². The maximum absolute atomic E-state index is 11.7. The molecule has 5 nitrogen and oxygen atoms in total. The van der Waals surface area contributed by atoms with Crippen LogP contribution in [0.3, 0.4) is 0 Å². The number of ether oxygens (including phenoxy) is 2. The highest BCUT2D eigenvalue weighted by molar-refractivity contribution is 5.66. The monoisotopic (exact) mass is 464 g/mol. The van der Waals surface area contributed by atoms with Gasteiger partial charge in [0, 0.05) is 26.4 Å². The van der Waals surface area contributed by atoms with Crippen molar-refractivity contribution in [2.75, 3.05) is 6.61 Å². The molecule has 0 bridgehead atoms. The molecule has 0 aromatic heterocycles. The Hall–Kier alpha value is -1.62. The lowest BCUT2D eigenvalue weighted by Gasteiger charge is -2.35. The molecule has 0 aromatic carbocycles. The third kappa shape index (κ3) is 14.3. The quantitative estimate of drug-likeness (QED) is 0.148. The Kier molecular flexibility index (Phi) is 16.7. The van der Waals surface area contributed by atoms with E-state index in [1.165, 1.54) is 52.4 Å². The molecule has 0 heterocycles. The zero-order chi connectivity index (χ0) is 24.3. The fourth-order valence-electron chi connectivity index (χ4n) is 4.85. The predicted octanol–water partition coefficient (Wildman–Crippen LogP) is 6.68. The second kappa shape index (κ2) is 18.8. The molecule has 33 heavy (non-hydrogen) atoms. The fraction of sp³-hybridized carbons (Fsp3) is 0.786. The summed E-state index contributed by atoms with van der Waals surface area (Å²) in [6.45, 7) is 5.34. The van der Waals surface area contributed by atoms with Crippen molar-refractivity contribution in [3.63, 3.8) is 0 Å². The van der Waals surface area contributed by atoms with Gasteiger partial charge in [0.15, 0.2) is 0 Å². The van der Waals surface area contributed by atoms with Crippen molar-refractivity contribution >= 4 is 11.9 Å². The standard InChI is InChI=1S/C28H48O5/c1-4-5-6-7-8-9-18-26(32-23(2)30)19-12-10-16-25-17-11-13-20-27(25)28(33-24(3)31)21-14-15-22-29/h10,12,16,19,25-29H,4-9,11,13-15,17-18,20-22H2,1-3H3. The van der Waals surface area contributed by atoms with Gasteiger partial charge >= 0.3 is 11.9 Å². The van der Waals surface area contributed by atoms with E-state index in [1.807, 2.05) is 12.2 Å². The van der Waals surface area contributed by atoms with Crippen molar-refractivity contribution in [1.29, 1.82) is 0 Å². The third-order valence-corrected chi connectivity index (χ3v) is 6.52. The van der Waals surface area contributed by atoms with Crippen LogP contribution >= 0.6 is 0 Å². The molecule has 1 aliphatic rings. The number of hydrogen-bond donors (Lipinski definition) is 1. The maximum atomic E-state index is 11.7. The number of esters is 2. The van der Waals surface area contributed by atoms with Crippen LogP contribution in [0, 0.1) is 11.8 Å². The summed E-state index contributed by atoms with van der Waals surface area (Å²) < 4.78 is 11.2. The van der Waals surface area contributed by atoms with Crippen molar-refractivity contribution in [3.8, 4) is 0 Å². The van der Waals surface area contributed by atoms with Crippen LogP contribution in [0.4, 0.5) is 0 Å². The Labute approximate surface area is 202 Å². The summed E-state index contributed by atoms with van der Waals surface area (Å²) >= 11 is 0. The van der Waals surface area contributed by atoms with E-state index in [1.54, 1.807) is 0 Å². The van der Waals surface area contributed by atoms with Crippen LogP contribution in [0.5, 0.6) is 0 Å². The molecule has 0 aromatic rings. The van der Waals surface area contributed by atoms with Gasteiger partial charge in [-0.3, -0.25) is 9.59 Å². The molecule has 1 fully saturated rings. The van der Waals surface area contributed by atoms with Gasteiger partial charge in [0.25, 0.3) is 0 Å². The van der Waals surface area contributed by atoms with Gasteiger partial charge in [-0.15, -0.1) is 0 Å². The average Bonchev–Trinajstić information content (AvgIpc) is 2.78. The van der Waals surface area contributed by atoms with E-state index in [2.05, 4.69) is 19.1 Å². The zero-order valence-electron chi connectivity index (χ0n) is 21.3. The van der Waals surface area contributed by atoms with Crippen LogP contribution in [-0.4, -0.2) is 35.9 Å². The average molecular weight is 465 g/mol. The first-order valence-corrected chi connectivity index (χ1v) is 13.3. The number of aliphatic hydroxyl groups excluding tert-OH is 1. The van der Waals surface area contributed by atoms with Gasteiger partial charge in [-0.05, 0) is 56.9 Å². The van der Waals surface area contributed by atoms with Gasteiger partial charge in [0.1, 0.15) is 12.2 Å². The predicted molar refractivity (Wildman–Crippen MR) is 134 cm³/mol. The smallest absolute Gasteiger partial charge is 0.303 e. The van der Waals surface area contributed by atoms with Crippen molar-refractivity contribution in [1.82, 2.24) is 0 Å². The van der Waals surface area contributed by atoms with Gasteiger partial charge in [0.05, 0.1) is 0 Å². The first-order valence-electron chi connectivity index (χ1n) is 13.3. The summed E-state index contributed by atoms with van der Waals surface area (Å²) in [5.41, 5.74) is 0. The molecule has 0 aliphatic heterocycles. The Balaban J connectivity index is 2.66. The normalized spacial score (nSPS) is 20.7. The summed E-state index contributed by atoms with van der Waals surface area (Å²) in [5, 5.41) is 9.11. The molecular formula is C28H48O5. The van der Waals surface area contributed by atoms with E-state index in [9.17, 15) is 9.59 Å². The van der Waals surface area contributed by atoms with E-state index in [4.69, 9.17) is 14.6 Å². The number of aliphatic hydroxyl groups is 1. The molecule has 0 saturated heterocycles. The Morgan fingerprint density at radius 3 is 2.24 bits per heavy atom. The highest BCUT2D eigenvalue weighted by Gasteiger charge is 2.32. The Bertz CT molecular complexity index is 583. The summed E-state index contributed by atoms with van der Waals surface area (Å²) in [5.74, 6) is 0.223. The van der Waals surface area contributed by atoms with Crippen LogP contribution < -0.4 is 0 Å². The maximum Gasteiger partial charge on any atom is 0.303 e. The third-order valence-electron chi connectivity index (χ3n) is 6.52. The van der Waals surface area contributed by atoms with Crippen LogP contribution in [0.2, 0.25) is 0 Å². The van der Waals surface area contributed by atoms with E-state index < -0.39 is 0 Å². The molecule has 0 spiro atoms. The van der Waals surface area contributed by atoms with Crippen molar-refractivity contribution < 1.29 is 24.2 Å². The van der Waals surface area contributed by atoms with Crippen molar-refractivity contribution in [2.24, 2.45) is 11.8 Å². The molecule has 190 valence electrons. The Morgan fingerprint density at radius 2 is 1.55 bits per heavy atom.